The number of hydrogen-bond donors (Lipinski definition) is 1. The largest absolute Gasteiger partial charge is 0.395 e. The second-order valence-corrected chi connectivity index (χ2v) is 4.38. The zero-order chi connectivity index (χ0) is 13.1. The van der Waals surface area contributed by atoms with E-state index >= 15 is 0 Å². The Morgan fingerprint density at radius 3 is 2.89 bits per heavy atom. The third-order valence-corrected chi connectivity index (χ3v) is 2.90. The predicted octanol–water partition coefficient (Wildman–Crippen LogP) is 1.35. The molecule has 0 fully saturated rings. The summed E-state index contributed by atoms with van der Waals surface area (Å²) in [6, 6.07) is 5.76. The summed E-state index contributed by atoms with van der Waals surface area (Å²) < 4.78 is 1.76. The van der Waals surface area contributed by atoms with Crippen molar-refractivity contribution in [1.29, 1.82) is 0 Å². The lowest BCUT2D eigenvalue weighted by Crippen LogP contribution is -2.34. The molecule has 96 valence electrons. The Morgan fingerprint density at radius 2 is 2.28 bits per heavy atom. The number of anilines is 1. The number of aliphatic hydroxyl groups excluding tert-OH is 1. The summed E-state index contributed by atoms with van der Waals surface area (Å²) in [6.45, 7) is 4.51. The van der Waals surface area contributed by atoms with E-state index in [4.69, 9.17) is 5.11 Å². The summed E-state index contributed by atoms with van der Waals surface area (Å²) in [4.78, 5) is 17.7. The molecule has 2 rings (SSSR count). The number of fused-ring (bicyclic) bond motifs is 1. The van der Waals surface area contributed by atoms with Crippen LogP contribution in [-0.4, -0.2) is 40.0 Å². The molecule has 0 amide bonds. The van der Waals surface area contributed by atoms with Crippen LogP contribution >= 0.6 is 0 Å². The molecule has 2 heterocycles. The molecule has 0 bridgehead atoms. The fraction of sp³-hybridized carbons (Fsp3) is 0.385. The first-order valence-electron chi connectivity index (χ1n) is 5.98. The number of hydrogen-bond acceptors (Lipinski definition) is 4. The highest BCUT2D eigenvalue weighted by molar-refractivity contribution is 5.83. The molecular formula is C13H17N3O2. The van der Waals surface area contributed by atoms with Crippen LogP contribution in [0.3, 0.4) is 0 Å². The number of imidazole rings is 1. The monoisotopic (exact) mass is 247 g/mol. The highest BCUT2D eigenvalue weighted by atomic mass is 16.3. The molecule has 0 saturated heterocycles. The van der Waals surface area contributed by atoms with Crippen LogP contribution in [0.25, 0.3) is 5.65 Å². The van der Waals surface area contributed by atoms with Gasteiger partial charge in [-0.2, -0.15) is 0 Å². The average Bonchev–Trinajstić information content (AvgIpc) is 2.73. The molecule has 0 saturated carbocycles. The normalized spacial score (nSPS) is 11.1. The van der Waals surface area contributed by atoms with Crippen molar-refractivity contribution >= 4 is 17.8 Å². The Kier molecular flexibility index (Phi) is 3.62. The number of aliphatic hydroxyl groups is 1. The lowest BCUT2D eigenvalue weighted by Gasteiger charge is -2.26. The smallest absolute Gasteiger partial charge is 0.170 e. The standard InChI is InChI=1S/C13H17N3O2/c1-10(2)15(7-8-17)13-11(9-18)16-6-4-3-5-12(16)14-13/h3-6,9-10,17H,7-8H2,1-2H3. The summed E-state index contributed by atoms with van der Waals surface area (Å²) in [5.74, 6) is 0.625. The summed E-state index contributed by atoms with van der Waals surface area (Å²) in [5.41, 5.74) is 1.26. The van der Waals surface area contributed by atoms with Gasteiger partial charge in [-0.1, -0.05) is 6.07 Å². The van der Waals surface area contributed by atoms with E-state index in [0.717, 1.165) is 11.9 Å². The average molecular weight is 247 g/mol. The summed E-state index contributed by atoms with van der Waals surface area (Å²) in [6.07, 6.45) is 2.62. The van der Waals surface area contributed by atoms with E-state index in [0.29, 0.717) is 18.1 Å². The van der Waals surface area contributed by atoms with Gasteiger partial charge in [0.1, 0.15) is 11.3 Å². The molecular weight excluding hydrogens is 230 g/mol. The van der Waals surface area contributed by atoms with Crippen molar-refractivity contribution in [3.8, 4) is 0 Å². The number of carbonyl (C=O) groups excluding carboxylic acids is 1. The fourth-order valence-electron chi connectivity index (χ4n) is 2.04. The third kappa shape index (κ3) is 2.09. The van der Waals surface area contributed by atoms with Gasteiger partial charge in [-0.15, -0.1) is 0 Å². The number of pyridine rings is 1. The molecule has 2 aromatic rings. The zero-order valence-corrected chi connectivity index (χ0v) is 10.6. The SMILES string of the molecule is CC(C)N(CCO)c1nc2ccccn2c1C=O. The molecule has 5 nitrogen and oxygen atoms in total. The lowest BCUT2D eigenvalue weighted by atomic mass is 10.3. The first-order valence-corrected chi connectivity index (χ1v) is 5.98. The maximum Gasteiger partial charge on any atom is 0.170 e. The number of carbonyl (C=O) groups is 1. The Hall–Kier alpha value is -1.88. The van der Waals surface area contributed by atoms with Crippen molar-refractivity contribution < 1.29 is 9.90 Å². The van der Waals surface area contributed by atoms with E-state index in [9.17, 15) is 4.79 Å². The molecule has 0 aromatic carbocycles. The van der Waals surface area contributed by atoms with Gasteiger partial charge in [-0.3, -0.25) is 9.20 Å². The van der Waals surface area contributed by atoms with Gasteiger partial charge in [0.2, 0.25) is 0 Å². The molecule has 0 aliphatic carbocycles. The number of aldehydes is 1. The predicted molar refractivity (Wildman–Crippen MR) is 70.1 cm³/mol. The van der Waals surface area contributed by atoms with Crippen LogP contribution in [0.4, 0.5) is 5.82 Å². The first-order chi connectivity index (χ1) is 8.69. The van der Waals surface area contributed by atoms with Gasteiger partial charge < -0.3 is 10.0 Å². The molecule has 0 aliphatic rings. The summed E-state index contributed by atoms with van der Waals surface area (Å²) in [7, 11) is 0. The van der Waals surface area contributed by atoms with Crippen LogP contribution in [-0.2, 0) is 0 Å². The molecule has 0 unspecified atom stereocenters. The van der Waals surface area contributed by atoms with Gasteiger partial charge in [-0.25, -0.2) is 4.98 Å². The fourth-order valence-corrected chi connectivity index (χ4v) is 2.04. The molecule has 0 atom stereocenters. The van der Waals surface area contributed by atoms with Crippen LogP contribution in [0.2, 0.25) is 0 Å². The number of nitrogens with zero attached hydrogens (tertiary/aromatic N) is 3. The van der Waals surface area contributed by atoms with Crippen molar-refractivity contribution in [2.45, 2.75) is 19.9 Å². The first kappa shape index (κ1) is 12.6. The molecule has 0 aliphatic heterocycles. The molecule has 18 heavy (non-hydrogen) atoms. The van der Waals surface area contributed by atoms with Crippen molar-refractivity contribution in [3.63, 3.8) is 0 Å². The zero-order valence-electron chi connectivity index (χ0n) is 10.6. The van der Waals surface area contributed by atoms with Crippen molar-refractivity contribution in [2.24, 2.45) is 0 Å². The Labute approximate surface area is 106 Å². The second kappa shape index (κ2) is 5.18. The van der Waals surface area contributed by atoms with E-state index in [2.05, 4.69) is 4.98 Å². The van der Waals surface area contributed by atoms with Gasteiger partial charge in [0.05, 0.1) is 6.61 Å². The van der Waals surface area contributed by atoms with Crippen LogP contribution in [0.15, 0.2) is 24.4 Å². The van der Waals surface area contributed by atoms with E-state index in [1.807, 2.05) is 43.1 Å². The van der Waals surface area contributed by atoms with Crippen LogP contribution < -0.4 is 4.90 Å². The minimum atomic E-state index is 0.0321. The number of aromatic nitrogens is 2. The van der Waals surface area contributed by atoms with Crippen molar-refractivity contribution in [2.75, 3.05) is 18.1 Å². The van der Waals surface area contributed by atoms with Gasteiger partial charge in [0, 0.05) is 18.8 Å². The molecule has 0 radical (unpaired) electrons. The molecule has 2 aromatic heterocycles. The van der Waals surface area contributed by atoms with Gasteiger partial charge in [0.25, 0.3) is 0 Å². The minimum absolute atomic E-state index is 0.0321. The van der Waals surface area contributed by atoms with Crippen molar-refractivity contribution in [1.82, 2.24) is 9.38 Å². The second-order valence-electron chi connectivity index (χ2n) is 4.38. The van der Waals surface area contributed by atoms with Crippen LogP contribution in [0.5, 0.6) is 0 Å². The maximum absolute atomic E-state index is 11.3. The third-order valence-electron chi connectivity index (χ3n) is 2.90. The molecule has 5 heteroatoms. The van der Waals surface area contributed by atoms with E-state index < -0.39 is 0 Å². The molecule has 0 spiro atoms. The minimum Gasteiger partial charge on any atom is -0.395 e. The Morgan fingerprint density at radius 1 is 1.50 bits per heavy atom. The molecule has 1 N–H and O–H groups in total. The van der Waals surface area contributed by atoms with Crippen LogP contribution in [0, 0.1) is 0 Å². The Bertz CT molecular complexity index is 548. The van der Waals surface area contributed by atoms with Gasteiger partial charge in [-0.05, 0) is 26.0 Å². The quantitative estimate of drug-likeness (QED) is 0.810. The van der Waals surface area contributed by atoms with E-state index in [-0.39, 0.29) is 12.6 Å². The highest BCUT2D eigenvalue weighted by Crippen LogP contribution is 2.21. The maximum atomic E-state index is 11.3. The summed E-state index contributed by atoms with van der Waals surface area (Å²) >= 11 is 0. The lowest BCUT2D eigenvalue weighted by molar-refractivity contribution is 0.111. The topological polar surface area (TPSA) is 57.8 Å². The van der Waals surface area contributed by atoms with Crippen molar-refractivity contribution in [3.05, 3.63) is 30.1 Å². The Balaban J connectivity index is 2.57. The summed E-state index contributed by atoms with van der Waals surface area (Å²) in [5, 5.41) is 9.12. The van der Waals surface area contributed by atoms with E-state index in [1.54, 1.807) is 4.40 Å². The van der Waals surface area contributed by atoms with Gasteiger partial charge >= 0.3 is 0 Å². The van der Waals surface area contributed by atoms with E-state index in [1.165, 1.54) is 0 Å². The van der Waals surface area contributed by atoms with Gasteiger partial charge in [0.15, 0.2) is 12.1 Å². The number of rotatable bonds is 5. The van der Waals surface area contributed by atoms with Crippen LogP contribution in [0.1, 0.15) is 24.3 Å². The highest BCUT2D eigenvalue weighted by Gasteiger charge is 2.19.